The van der Waals surface area contributed by atoms with Crippen LogP contribution >= 0.6 is 0 Å². The van der Waals surface area contributed by atoms with Crippen LogP contribution in [-0.2, 0) is 9.53 Å². The molecule has 1 aliphatic heterocycles. The molecule has 122 valence electrons. The molecule has 1 fully saturated rings. The van der Waals surface area contributed by atoms with Gasteiger partial charge in [0.15, 0.2) is 5.96 Å². The molecule has 0 aromatic carbocycles. The smallest absolute Gasteiger partial charge is 0.240 e. The maximum Gasteiger partial charge on any atom is 0.240 e. The minimum Gasteiger partial charge on any atom is -0.380 e. The van der Waals surface area contributed by atoms with Crippen LogP contribution in [0.15, 0.2) is 4.99 Å². The fourth-order valence-corrected chi connectivity index (χ4v) is 2.03. The van der Waals surface area contributed by atoms with Crippen molar-refractivity contribution >= 4 is 11.9 Å². The van der Waals surface area contributed by atoms with E-state index in [-0.39, 0.29) is 23.4 Å². The van der Waals surface area contributed by atoms with Gasteiger partial charge in [0.2, 0.25) is 5.91 Å². The van der Waals surface area contributed by atoms with Crippen molar-refractivity contribution in [2.45, 2.75) is 40.2 Å². The lowest BCUT2D eigenvalue weighted by Crippen LogP contribution is -2.49. The van der Waals surface area contributed by atoms with E-state index >= 15 is 0 Å². The third kappa shape index (κ3) is 6.33. The Morgan fingerprint density at radius 2 is 2.00 bits per heavy atom. The predicted octanol–water partition coefficient (Wildman–Crippen LogP) is 0.835. The predicted molar refractivity (Wildman–Crippen MR) is 85.4 cm³/mol. The summed E-state index contributed by atoms with van der Waals surface area (Å²) in [5, 5.41) is 6.18. The number of amides is 1. The van der Waals surface area contributed by atoms with Crippen molar-refractivity contribution in [2.24, 2.45) is 10.4 Å². The Morgan fingerprint density at radius 1 is 1.38 bits per heavy atom. The summed E-state index contributed by atoms with van der Waals surface area (Å²) in [6.45, 7) is 13.4. The van der Waals surface area contributed by atoms with Crippen LogP contribution in [0.25, 0.3) is 0 Å². The maximum absolute atomic E-state index is 12.0. The van der Waals surface area contributed by atoms with Gasteiger partial charge in [0.1, 0.15) is 0 Å². The first-order valence-corrected chi connectivity index (χ1v) is 7.53. The highest BCUT2D eigenvalue weighted by atomic mass is 16.5. The number of ether oxygens (including phenoxy) is 1. The van der Waals surface area contributed by atoms with Gasteiger partial charge in [-0.3, -0.25) is 9.79 Å². The van der Waals surface area contributed by atoms with E-state index in [1.807, 2.05) is 39.6 Å². The Hall–Kier alpha value is -1.30. The van der Waals surface area contributed by atoms with E-state index in [2.05, 4.69) is 22.5 Å². The maximum atomic E-state index is 12.0. The molecule has 0 bridgehead atoms. The van der Waals surface area contributed by atoms with Gasteiger partial charge >= 0.3 is 0 Å². The average Bonchev–Trinajstić information content (AvgIpc) is 2.29. The first-order chi connectivity index (χ1) is 9.65. The average molecular weight is 298 g/mol. The van der Waals surface area contributed by atoms with Gasteiger partial charge in [0.25, 0.3) is 0 Å². The highest BCUT2D eigenvalue weighted by molar-refractivity contribution is 5.86. The van der Waals surface area contributed by atoms with Gasteiger partial charge in [-0.2, -0.15) is 0 Å². The zero-order valence-corrected chi connectivity index (χ0v) is 14.2. The van der Waals surface area contributed by atoms with Crippen LogP contribution in [0, 0.1) is 5.41 Å². The molecular weight excluding hydrogens is 268 g/mol. The van der Waals surface area contributed by atoms with Gasteiger partial charge in [-0.1, -0.05) is 6.92 Å². The van der Waals surface area contributed by atoms with E-state index in [0.717, 1.165) is 25.7 Å². The second-order valence-electron chi connectivity index (χ2n) is 7.13. The monoisotopic (exact) mass is 298 g/mol. The number of hydrogen-bond acceptors (Lipinski definition) is 3. The van der Waals surface area contributed by atoms with E-state index in [1.54, 1.807) is 0 Å². The molecule has 0 spiro atoms. The minimum atomic E-state index is -0.218. The van der Waals surface area contributed by atoms with Gasteiger partial charge in [-0.05, 0) is 27.7 Å². The molecule has 6 nitrogen and oxygen atoms in total. The standard InChI is InChI=1S/C15H30N4O2/c1-7-16-13(17-9-15(5)10-21-11-15)19(6)8-12(20)18-14(2,3)4/h7-11H2,1-6H3,(H,16,17)(H,18,20). The number of nitrogens with one attached hydrogen (secondary N) is 2. The SMILES string of the molecule is CCNC(=NCC1(C)COC1)N(C)CC(=O)NC(C)(C)C. The summed E-state index contributed by atoms with van der Waals surface area (Å²) in [6, 6.07) is 0. The fraction of sp³-hybridized carbons (Fsp3) is 0.867. The molecule has 1 amide bonds. The Labute approximate surface area is 128 Å². The molecule has 0 aliphatic carbocycles. The highest BCUT2D eigenvalue weighted by Crippen LogP contribution is 2.26. The molecule has 0 aromatic rings. The Kier molecular flexibility index (Phi) is 6.01. The number of carbonyl (C=O) groups is 1. The van der Waals surface area contributed by atoms with Gasteiger partial charge in [0.05, 0.1) is 26.3 Å². The molecule has 1 saturated heterocycles. The highest BCUT2D eigenvalue weighted by Gasteiger charge is 2.33. The molecule has 6 heteroatoms. The number of nitrogens with zero attached hydrogens (tertiary/aromatic N) is 2. The fourth-order valence-electron chi connectivity index (χ4n) is 2.03. The quantitative estimate of drug-likeness (QED) is 0.583. The molecule has 0 aromatic heterocycles. The first-order valence-electron chi connectivity index (χ1n) is 7.53. The third-order valence-corrected chi connectivity index (χ3v) is 3.10. The molecule has 21 heavy (non-hydrogen) atoms. The summed E-state index contributed by atoms with van der Waals surface area (Å²) in [5.41, 5.74) is -0.0840. The topological polar surface area (TPSA) is 66.0 Å². The van der Waals surface area contributed by atoms with E-state index in [1.165, 1.54) is 0 Å². The van der Waals surface area contributed by atoms with Gasteiger partial charge in [-0.15, -0.1) is 0 Å². The second kappa shape index (κ2) is 7.11. The first kappa shape index (κ1) is 17.8. The zero-order valence-electron chi connectivity index (χ0n) is 14.2. The summed E-state index contributed by atoms with van der Waals surface area (Å²) in [5.74, 6) is 0.753. The normalized spacial score (nSPS) is 17.9. The lowest BCUT2D eigenvalue weighted by Gasteiger charge is -2.37. The van der Waals surface area contributed by atoms with Crippen LogP contribution in [0.2, 0.25) is 0 Å². The number of guanidine groups is 1. The number of carbonyl (C=O) groups excluding carboxylic acids is 1. The number of aliphatic imine (C=N–C) groups is 1. The molecule has 0 unspecified atom stereocenters. The van der Waals surface area contributed by atoms with Crippen molar-refractivity contribution in [3.05, 3.63) is 0 Å². The van der Waals surface area contributed by atoms with E-state index in [4.69, 9.17) is 4.74 Å². The van der Waals surface area contributed by atoms with Crippen molar-refractivity contribution < 1.29 is 9.53 Å². The Bertz CT molecular complexity index is 384. The number of rotatable bonds is 5. The minimum absolute atomic E-state index is 0.00575. The van der Waals surface area contributed by atoms with Crippen LogP contribution in [0.4, 0.5) is 0 Å². The van der Waals surface area contributed by atoms with Crippen LogP contribution in [0.3, 0.4) is 0 Å². The lowest BCUT2D eigenvalue weighted by molar-refractivity contribution is -0.122. The van der Waals surface area contributed by atoms with Crippen LogP contribution < -0.4 is 10.6 Å². The molecule has 1 heterocycles. The number of likely N-dealkylation sites (N-methyl/N-ethyl adjacent to an activating group) is 1. The number of hydrogen-bond donors (Lipinski definition) is 2. The molecule has 1 aliphatic rings. The van der Waals surface area contributed by atoms with Gasteiger partial charge < -0.3 is 20.3 Å². The summed E-state index contributed by atoms with van der Waals surface area (Å²) in [4.78, 5) is 18.5. The summed E-state index contributed by atoms with van der Waals surface area (Å²) in [6.07, 6.45) is 0. The van der Waals surface area contributed by atoms with Crippen molar-refractivity contribution in [3.63, 3.8) is 0 Å². The summed E-state index contributed by atoms with van der Waals surface area (Å²) in [7, 11) is 1.88. The second-order valence-corrected chi connectivity index (χ2v) is 7.13. The summed E-state index contributed by atoms with van der Waals surface area (Å²) >= 11 is 0. The van der Waals surface area contributed by atoms with Crippen LogP contribution in [0.1, 0.15) is 34.6 Å². The Morgan fingerprint density at radius 3 is 2.43 bits per heavy atom. The molecule has 2 N–H and O–H groups in total. The summed E-state index contributed by atoms with van der Waals surface area (Å²) < 4.78 is 5.24. The van der Waals surface area contributed by atoms with Gasteiger partial charge in [-0.25, -0.2) is 0 Å². The van der Waals surface area contributed by atoms with E-state index in [0.29, 0.717) is 6.54 Å². The van der Waals surface area contributed by atoms with E-state index in [9.17, 15) is 4.79 Å². The molecule has 0 atom stereocenters. The van der Waals surface area contributed by atoms with Gasteiger partial charge in [0, 0.05) is 24.5 Å². The Balaban J connectivity index is 2.57. The molecule has 0 saturated carbocycles. The van der Waals surface area contributed by atoms with Crippen molar-refractivity contribution in [1.82, 2.24) is 15.5 Å². The van der Waals surface area contributed by atoms with Crippen molar-refractivity contribution in [3.8, 4) is 0 Å². The van der Waals surface area contributed by atoms with Crippen molar-refractivity contribution in [2.75, 3.05) is 39.9 Å². The van der Waals surface area contributed by atoms with Crippen LogP contribution in [-0.4, -0.2) is 62.2 Å². The van der Waals surface area contributed by atoms with Crippen molar-refractivity contribution in [1.29, 1.82) is 0 Å². The van der Waals surface area contributed by atoms with Crippen LogP contribution in [0.5, 0.6) is 0 Å². The van der Waals surface area contributed by atoms with E-state index < -0.39 is 0 Å². The lowest BCUT2D eigenvalue weighted by atomic mass is 9.89. The molecule has 0 radical (unpaired) electrons. The molecular formula is C15H30N4O2. The molecule has 1 rings (SSSR count). The third-order valence-electron chi connectivity index (χ3n) is 3.10. The largest absolute Gasteiger partial charge is 0.380 e. The zero-order chi connectivity index (χ0) is 16.1.